The second-order valence-electron chi connectivity index (χ2n) is 9.31. The van der Waals surface area contributed by atoms with Crippen molar-refractivity contribution in [2.75, 3.05) is 19.0 Å². The SMILES string of the molecule is COCCn1cnc2cc(NC(=O)C3CCCCC3)cc(C(=O)NC3CCCCCC3)c21. The molecule has 174 valence electrons. The molecule has 0 radical (unpaired) electrons. The number of carbonyl (C=O) groups excluding carboxylic acids is 2. The summed E-state index contributed by atoms with van der Waals surface area (Å²) in [5, 5.41) is 6.33. The Bertz CT molecular complexity index is 925. The van der Waals surface area contributed by atoms with Gasteiger partial charge in [-0.2, -0.15) is 0 Å². The molecule has 32 heavy (non-hydrogen) atoms. The van der Waals surface area contributed by atoms with Gasteiger partial charge in [-0.15, -0.1) is 0 Å². The summed E-state index contributed by atoms with van der Waals surface area (Å²) in [6.07, 6.45) is 13.9. The molecule has 1 aromatic carbocycles. The van der Waals surface area contributed by atoms with E-state index in [0.717, 1.165) is 56.9 Å². The van der Waals surface area contributed by atoms with Crippen LogP contribution in [0.4, 0.5) is 5.69 Å². The van der Waals surface area contributed by atoms with E-state index in [1.807, 2.05) is 16.7 Å². The van der Waals surface area contributed by atoms with Crippen LogP contribution in [-0.4, -0.2) is 41.1 Å². The molecule has 0 bridgehead atoms. The third kappa shape index (κ3) is 5.49. The van der Waals surface area contributed by atoms with Gasteiger partial charge in [0.2, 0.25) is 5.91 Å². The number of hydrogen-bond donors (Lipinski definition) is 2. The van der Waals surface area contributed by atoms with Gasteiger partial charge in [-0.3, -0.25) is 9.59 Å². The molecule has 4 rings (SSSR count). The van der Waals surface area contributed by atoms with E-state index in [1.54, 1.807) is 13.4 Å². The molecule has 1 heterocycles. The second kappa shape index (κ2) is 10.9. The lowest BCUT2D eigenvalue weighted by Gasteiger charge is -2.21. The Morgan fingerprint density at radius 1 is 1.03 bits per heavy atom. The number of hydrogen-bond acceptors (Lipinski definition) is 4. The van der Waals surface area contributed by atoms with Gasteiger partial charge in [0.05, 0.1) is 29.5 Å². The highest BCUT2D eigenvalue weighted by Gasteiger charge is 2.24. The van der Waals surface area contributed by atoms with Gasteiger partial charge >= 0.3 is 0 Å². The van der Waals surface area contributed by atoms with Crippen molar-refractivity contribution in [2.45, 2.75) is 83.2 Å². The molecule has 2 N–H and O–H groups in total. The number of imidazole rings is 1. The van der Waals surface area contributed by atoms with Crippen LogP contribution in [0.3, 0.4) is 0 Å². The highest BCUT2D eigenvalue weighted by atomic mass is 16.5. The zero-order valence-corrected chi connectivity index (χ0v) is 19.2. The minimum atomic E-state index is -0.0881. The number of anilines is 1. The first-order valence-corrected chi connectivity index (χ1v) is 12.3. The zero-order valence-electron chi connectivity index (χ0n) is 19.2. The first-order chi connectivity index (χ1) is 15.7. The average molecular weight is 441 g/mol. The fourth-order valence-electron chi connectivity index (χ4n) is 5.11. The molecule has 2 aromatic rings. The molecule has 0 unspecified atom stereocenters. The molecule has 2 aliphatic carbocycles. The standard InChI is InChI=1S/C25H36N4O3/c1-32-14-13-29-17-26-22-16-20(28-24(30)18-9-5-4-6-10-18)15-21(23(22)29)25(31)27-19-11-7-2-3-8-12-19/h15-19H,2-14H2,1H3,(H,27,31)(H,28,30). The molecular weight excluding hydrogens is 404 g/mol. The quantitative estimate of drug-likeness (QED) is 0.614. The summed E-state index contributed by atoms with van der Waals surface area (Å²) in [4.78, 5) is 30.8. The predicted octanol–water partition coefficient (Wildman–Crippen LogP) is 4.65. The highest BCUT2D eigenvalue weighted by molar-refractivity contribution is 6.07. The third-order valence-corrected chi connectivity index (χ3v) is 6.93. The second-order valence-corrected chi connectivity index (χ2v) is 9.31. The van der Waals surface area contributed by atoms with Crippen LogP contribution < -0.4 is 10.6 Å². The number of fused-ring (bicyclic) bond motifs is 1. The lowest BCUT2D eigenvalue weighted by molar-refractivity contribution is -0.120. The van der Waals surface area contributed by atoms with E-state index >= 15 is 0 Å². The Balaban J connectivity index is 1.61. The maximum atomic E-state index is 13.4. The summed E-state index contributed by atoms with van der Waals surface area (Å²) in [6, 6.07) is 3.90. The monoisotopic (exact) mass is 440 g/mol. The number of methoxy groups -OCH3 is 1. The lowest BCUT2D eigenvalue weighted by Crippen LogP contribution is -2.34. The fraction of sp³-hybridized carbons (Fsp3) is 0.640. The maximum Gasteiger partial charge on any atom is 0.253 e. The van der Waals surface area contributed by atoms with Crippen LogP contribution in [-0.2, 0) is 16.1 Å². The van der Waals surface area contributed by atoms with Gasteiger partial charge in [0.1, 0.15) is 0 Å². The predicted molar refractivity (Wildman–Crippen MR) is 126 cm³/mol. The van der Waals surface area contributed by atoms with Crippen LogP contribution in [0.2, 0.25) is 0 Å². The van der Waals surface area contributed by atoms with Crippen LogP contribution in [0.25, 0.3) is 11.0 Å². The number of rotatable bonds is 7. The number of amides is 2. The van der Waals surface area contributed by atoms with Gasteiger partial charge in [0.25, 0.3) is 5.91 Å². The first kappa shape index (κ1) is 22.8. The number of nitrogens with zero attached hydrogens (tertiary/aromatic N) is 2. The summed E-state index contributed by atoms with van der Waals surface area (Å²) in [6.45, 7) is 1.15. The van der Waals surface area contributed by atoms with E-state index < -0.39 is 0 Å². The van der Waals surface area contributed by atoms with E-state index in [4.69, 9.17) is 4.74 Å². The average Bonchev–Trinajstić information content (AvgIpc) is 3.04. The summed E-state index contributed by atoms with van der Waals surface area (Å²) in [7, 11) is 1.66. The van der Waals surface area contributed by atoms with Crippen LogP contribution >= 0.6 is 0 Å². The highest BCUT2D eigenvalue weighted by Crippen LogP contribution is 2.28. The number of aromatic nitrogens is 2. The normalized spacial score (nSPS) is 18.4. The molecule has 7 heteroatoms. The van der Waals surface area contributed by atoms with Gasteiger partial charge in [-0.05, 0) is 37.8 Å². The molecule has 2 aliphatic rings. The van der Waals surface area contributed by atoms with Crippen molar-refractivity contribution >= 4 is 28.5 Å². The number of benzene rings is 1. The summed E-state index contributed by atoms with van der Waals surface area (Å²) in [5.74, 6) is 0.0230. The van der Waals surface area contributed by atoms with E-state index in [-0.39, 0.29) is 23.8 Å². The van der Waals surface area contributed by atoms with Crippen molar-refractivity contribution in [3.05, 3.63) is 24.0 Å². The summed E-state index contributed by atoms with van der Waals surface area (Å²) in [5.41, 5.74) is 2.73. The fourth-order valence-corrected chi connectivity index (χ4v) is 5.11. The van der Waals surface area contributed by atoms with E-state index in [1.165, 1.54) is 19.3 Å². The molecule has 1 aromatic heterocycles. The molecule has 2 saturated carbocycles. The smallest absolute Gasteiger partial charge is 0.253 e. The van der Waals surface area contributed by atoms with E-state index in [9.17, 15) is 9.59 Å². The van der Waals surface area contributed by atoms with Crippen molar-refractivity contribution < 1.29 is 14.3 Å². The van der Waals surface area contributed by atoms with Crippen molar-refractivity contribution in [3.8, 4) is 0 Å². The molecular formula is C25H36N4O3. The number of carbonyl (C=O) groups is 2. The lowest BCUT2D eigenvalue weighted by atomic mass is 9.88. The Morgan fingerprint density at radius 2 is 1.72 bits per heavy atom. The Labute approximate surface area is 190 Å². The Morgan fingerprint density at radius 3 is 2.44 bits per heavy atom. The van der Waals surface area contributed by atoms with Crippen LogP contribution in [0.15, 0.2) is 18.5 Å². The molecule has 0 saturated heterocycles. The minimum Gasteiger partial charge on any atom is -0.383 e. The number of nitrogens with one attached hydrogen (secondary N) is 2. The molecule has 0 aliphatic heterocycles. The largest absolute Gasteiger partial charge is 0.383 e. The molecule has 7 nitrogen and oxygen atoms in total. The van der Waals surface area contributed by atoms with Crippen LogP contribution in [0.5, 0.6) is 0 Å². The molecule has 0 atom stereocenters. The molecule has 2 fully saturated rings. The topological polar surface area (TPSA) is 85.2 Å². The first-order valence-electron chi connectivity index (χ1n) is 12.3. The maximum absolute atomic E-state index is 13.4. The third-order valence-electron chi connectivity index (χ3n) is 6.93. The Hall–Kier alpha value is -2.41. The Kier molecular flexibility index (Phi) is 7.79. The van der Waals surface area contributed by atoms with E-state index in [0.29, 0.717) is 29.9 Å². The van der Waals surface area contributed by atoms with Gasteiger partial charge in [0.15, 0.2) is 0 Å². The summed E-state index contributed by atoms with van der Waals surface area (Å²) < 4.78 is 7.20. The van der Waals surface area contributed by atoms with Crippen molar-refractivity contribution in [1.82, 2.24) is 14.9 Å². The van der Waals surface area contributed by atoms with E-state index in [2.05, 4.69) is 15.6 Å². The van der Waals surface area contributed by atoms with Gasteiger partial charge in [0, 0.05) is 31.3 Å². The van der Waals surface area contributed by atoms with Crippen molar-refractivity contribution in [1.29, 1.82) is 0 Å². The summed E-state index contributed by atoms with van der Waals surface area (Å²) >= 11 is 0. The van der Waals surface area contributed by atoms with Crippen molar-refractivity contribution in [3.63, 3.8) is 0 Å². The van der Waals surface area contributed by atoms with Gasteiger partial charge in [-0.25, -0.2) is 4.98 Å². The molecule has 2 amide bonds. The minimum absolute atomic E-state index is 0.0537. The zero-order chi connectivity index (χ0) is 22.3. The van der Waals surface area contributed by atoms with Crippen molar-refractivity contribution in [2.24, 2.45) is 5.92 Å². The van der Waals surface area contributed by atoms with Crippen LogP contribution in [0.1, 0.15) is 81.0 Å². The van der Waals surface area contributed by atoms with Crippen LogP contribution in [0, 0.1) is 5.92 Å². The number of ether oxygens (including phenoxy) is 1. The van der Waals surface area contributed by atoms with Gasteiger partial charge < -0.3 is 19.9 Å². The molecule has 0 spiro atoms. The van der Waals surface area contributed by atoms with Gasteiger partial charge in [-0.1, -0.05) is 44.9 Å².